The zero-order valence-corrected chi connectivity index (χ0v) is 16.4. The maximum atomic E-state index is 11.6. The first-order valence-electron chi connectivity index (χ1n) is 9.47. The predicted molar refractivity (Wildman–Crippen MR) is 102 cm³/mol. The van der Waals surface area contributed by atoms with Gasteiger partial charge >= 0.3 is 6.09 Å². The highest BCUT2D eigenvalue weighted by Gasteiger charge is 2.39. The lowest BCUT2D eigenvalue weighted by Crippen LogP contribution is -2.49. The van der Waals surface area contributed by atoms with Gasteiger partial charge in [-0.25, -0.2) is 17.9 Å². The SMILES string of the molecule is CS(=O)(=O)N[C@@H]1CCN(C(=O)O)[C@@H]1COC1CCC(c2ccccc2)CC1. The third-order valence-corrected chi connectivity index (χ3v) is 6.34. The average Bonchev–Trinajstić information content (AvgIpc) is 3.02. The molecular formula is C19H28N2O5S. The largest absolute Gasteiger partial charge is 0.465 e. The first kappa shape index (κ1) is 20.1. The van der Waals surface area contributed by atoms with E-state index in [-0.39, 0.29) is 12.7 Å². The molecule has 2 N–H and O–H groups in total. The molecule has 7 nitrogen and oxygen atoms in total. The first-order chi connectivity index (χ1) is 12.8. The lowest BCUT2D eigenvalue weighted by molar-refractivity contribution is -0.00401. The second-order valence-corrected chi connectivity index (χ2v) is 9.33. The van der Waals surface area contributed by atoms with Gasteiger partial charge in [0.1, 0.15) is 0 Å². The molecule has 1 heterocycles. The lowest BCUT2D eigenvalue weighted by Gasteiger charge is -2.32. The van der Waals surface area contributed by atoms with Crippen molar-refractivity contribution < 1.29 is 23.1 Å². The van der Waals surface area contributed by atoms with Crippen molar-refractivity contribution in [2.45, 2.75) is 56.2 Å². The lowest BCUT2D eigenvalue weighted by atomic mass is 9.83. The van der Waals surface area contributed by atoms with E-state index in [1.165, 1.54) is 10.5 Å². The van der Waals surface area contributed by atoms with Gasteiger partial charge in [-0.15, -0.1) is 0 Å². The molecule has 2 atom stereocenters. The number of likely N-dealkylation sites (tertiary alicyclic amines) is 1. The zero-order chi connectivity index (χ0) is 19.4. The summed E-state index contributed by atoms with van der Waals surface area (Å²) in [5.74, 6) is 0.549. The van der Waals surface area contributed by atoms with Crippen LogP contribution in [0.3, 0.4) is 0 Å². The monoisotopic (exact) mass is 396 g/mol. The molecule has 1 aliphatic heterocycles. The van der Waals surface area contributed by atoms with Crippen LogP contribution < -0.4 is 4.72 Å². The number of rotatable bonds is 6. The summed E-state index contributed by atoms with van der Waals surface area (Å²) in [4.78, 5) is 12.8. The smallest absolute Gasteiger partial charge is 0.407 e. The maximum Gasteiger partial charge on any atom is 0.407 e. The highest BCUT2D eigenvalue weighted by molar-refractivity contribution is 7.88. The third kappa shape index (κ3) is 5.43. The quantitative estimate of drug-likeness (QED) is 0.770. The third-order valence-electron chi connectivity index (χ3n) is 5.60. The van der Waals surface area contributed by atoms with Gasteiger partial charge in [-0.2, -0.15) is 0 Å². The van der Waals surface area contributed by atoms with Gasteiger partial charge in [0.25, 0.3) is 0 Å². The second-order valence-electron chi connectivity index (χ2n) is 7.55. The predicted octanol–water partition coefficient (Wildman–Crippen LogP) is 2.40. The summed E-state index contributed by atoms with van der Waals surface area (Å²) in [6, 6.07) is 9.56. The fourth-order valence-electron chi connectivity index (χ4n) is 4.23. The molecule has 0 unspecified atom stereocenters. The van der Waals surface area contributed by atoms with Crippen molar-refractivity contribution in [1.82, 2.24) is 9.62 Å². The van der Waals surface area contributed by atoms with Crippen LogP contribution in [0.15, 0.2) is 30.3 Å². The molecular weight excluding hydrogens is 368 g/mol. The fraction of sp³-hybridized carbons (Fsp3) is 0.632. The van der Waals surface area contributed by atoms with E-state index in [1.807, 2.05) is 6.07 Å². The fourth-order valence-corrected chi connectivity index (χ4v) is 5.06. The molecule has 0 bridgehead atoms. The molecule has 3 rings (SSSR count). The molecule has 1 saturated heterocycles. The van der Waals surface area contributed by atoms with Crippen LogP contribution in [0.2, 0.25) is 0 Å². The van der Waals surface area contributed by atoms with Gasteiger partial charge < -0.3 is 14.7 Å². The summed E-state index contributed by atoms with van der Waals surface area (Å²) in [6.07, 6.45) is 4.59. The number of nitrogens with zero attached hydrogens (tertiary/aromatic N) is 1. The van der Waals surface area contributed by atoms with Crippen LogP contribution in [0.5, 0.6) is 0 Å². The Kier molecular flexibility index (Phi) is 6.39. The maximum absolute atomic E-state index is 11.6. The van der Waals surface area contributed by atoms with Gasteiger partial charge in [0.05, 0.1) is 25.0 Å². The van der Waals surface area contributed by atoms with Crippen LogP contribution in [-0.4, -0.2) is 62.1 Å². The van der Waals surface area contributed by atoms with Gasteiger partial charge in [-0.05, 0) is 43.6 Å². The normalized spacial score (nSPS) is 29.0. The van der Waals surface area contributed by atoms with E-state index in [1.54, 1.807) is 0 Å². The molecule has 0 spiro atoms. The van der Waals surface area contributed by atoms with Crippen molar-refractivity contribution in [1.29, 1.82) is 0 Å². The molecule has 1 saturated carbocycles. The Morgan fingerprint density at radius 3 is 2.44 bits per heavy atom. The minimum atomic E-state index is -3.40. The van der Waals surface area contributed by atoms with Crippen LogP contribution in [0.4, 0.5) is 4.79 Å². The Bertz CT molecular complexity index is 732. The van der Waals surface area contributed by atoms with Crippen LogP contribution in [0, 0.1) is 0 Å². The molecule has 1 aliphatic carbocycles. The minimum Gasteiger partial charge on any atom is -0.465 e. The zero-order valence-electron chi connectivity index (χ0n) is 15.6. The summed E-state index contributed by atoms with van der Waals surface area (Å²) in [5.41, 5.74) is 1.36. The highest BCUT2D eigenvalue weighted by atomic mass is 32.2. The summed E-state index contributed by atoms with van der Waals surface area (Å²) in [6.45, 7) is 0.539. The van der Waals surface area contributed by atoms with Gasteiger partial charge in [-0.3, -0.25) is 0 Å². The number of hydrogen-bond donors (Lipinski definition) is 2. The summed E-state index contributed by atoms with van der Waals surface area (Å²) in [5, 5.41) is 9.39. The number of amides is 1. The Balaban J connectivity index is 1.53. The number of benzene rings is 1. The van der Waals surface area contributed by atoms with E-state index in [2.05, 4.69) is 29.0 Å². The number of carbonyl (C=O) groups is 1. The summed E-state index contributed by atoms with van der Waals surface area (Å²) < 4.78 is 31.7. The van der Waals surface area contributed by atoms with Crippen molar-refractivity contribution >= 4 is 16.1 Å². The van der Waals surface area contributed by atoms with Crippen LogP contribution in [0.25, 0.3) is 0 Å². The van der Waals surface area contributed by atoms with E-state index in [9.17, 15) is 18.3 Å². The Morgan fingerprint density at radius 2 is 1.85 bits per heavy atom. The number of carboxylic acid groups (broad SMARTS) is 1. The molecule has 2 fully saturated rings. The molecule has 1 amide bonds. The summed E-state index contributed by atoms with van der Waals surface area (Å²) >= 11 is 0. The molecule has 2 aliphatic rings. The molecule has 1 aromatic rings. The average molecular weight is 397 g/mol. The Hall–Kier alpha value is -1.64. The van der Waals surface area contributed by atoms with Gasteiger partial charge in [0, 0.05) is 12.6 Å². The first-order valence-corrected chi connectivity index (χ1v) is 11.4. The van der Waals surface area contributed by atoms with Crippen LogP contribution >= 0.6 is 0 Å². The summed E-state index contributed by atoms with van der Waals surface area (Å²) in [7, 11) is -3.40. The number of hydrogen-bond acceptors (Lipinski definition) is 4. The van der Waals surface area contributed by atoms with Crippen LogP contribution in [-0.2, 0) is 14.8 Å². The van der Waals surface area contributed by atoms with Crippen molar-refractivity contribution in [3.63, 3.8) is 0 Å². The van der Waals surface area contributed by atoms with E-state index in [0.29, 0.717) is 18.9 Å². The highest BCUT2D eigenvalue weighted by Crippen LogP contribution is 2.34. The van der Waals surface area contributed by atoms with E-state index in [0.717, 1.165) is 31.9 Å². The topological polar surface area (TPSA) is 95.9 Å². The minimum absolute atomic E-state index is 0.0973. The van der Waals surface area contributed by atoms with Crippen molar-refractivity contribution in [3.8, 4) is 0 Å². The van der Waals surface area contributed by atoms with Crippen molar-refractivity contribution in [2.75, 3.05) is 19.4 Å². The molecule has 0 radical (unpaired) electrons. The van der Waals surface area contributed by atoms with E-state index < -0.39 is 28.2 Å². The van der Waals surface area contributed by atoms with Gasteiger partial charge in [-0.1, -0.05) is 30.3 Å². The van der Waals surface area contributed by atoms with E-state index >= 15 is 0 Å². The second kappa shape index (κ2) is 8.58. The standard InChI is InChI=1S/C19H28N2O5S/c1-27(24,25)20-17-11-12-21(19(22)23)18(17)13-26-16-9-7-15(8-10-16)14-5-3-2-4-6-14/h2-6,15-18,20H,7-13H2,1H3,(H,22,23)/t15?,16?,17-,18-/m1/s1. The van der Waals surface area contributed by atoms with Gasteiger partial charge in [0.15, 0.2) is 0 Å². The molecule has 150 valence electrons. The number of nitrogens with one attached hydrogen (secondary N) is 1. The Labute approximate surface area is 160 Å². The molecule has 1 aromatic carbocycles. The Morgan fingerprint density at radius 1 is 1.19 bits per heavy atom. The van der Waals surface area contributed by atoms with Crippen molar-refractivity contribution in [2.24, 2.45) is 0 Å². The number of ether oxygens (including phenoxy) is 1. The number of sulfonamides is 1. The molecule has 0 aromatic heterocycles. The molecule has 8 heteroatoms. The van der Waals surface area contributed by atoms with E-state index in [4.69, 9.17) is 4.74 Å². The van der Waals surface area contributed by atoms with Crippen molar-refractivity contribution in [3.05, 3.63) is 35.9 Å². The van der Waals surface area contributed by atoms with Gasteiger partial charge in [0.2, 0.25) is 10.0 Å². The van der Waals surface area contributed by atoms with Crippen LogP contribution in [0.1, 0.15) is 43.6 Å². The molecule has 27 heavy (non-hydrogen) atoms.